The number of hydrogen-bond donors (Lipinski definition) is 1. The van der Waals surface area contributed by atoms with Gasteiger partial charge in [-0.05, 0) is 35.0 Å². The van der Waals surface area contributed by atoms with E-state index < -0.39 is 27.2 Å². The van der Waals surface area contributed by atoms with Crippen molar-refractivity contribution in [2.75, 3.05) is 0 Å². The maximum Gasteiger partial charge on any atom is 0.204 e. The normalized spacial score (nSPS) is 11.6. The van der Waals surface area contributed by atoms with Crippen LogP contribution in [0.25, 0.3) is 22.5 Å². The Labute approximate surface area is 175 Å². The highest BCUT2D eigenvalue weighted by atomic mass is 35.5. The Hall–Kier alpha value is -3.17. The summed E-state index contributed by atoms with van der Waals surface area (Å²) in [5.41, 5.74) is 0.798. The molecule has 30 heavy (non-hydrogen) atoms. The summed E-state index contributed by atoms with van der Waals surface area (Å²) in [5.74, 6) is -2.24. The molecule has 0 spiro atoms. The molecule has 3 aromatic carbocycles. The zero-order valence-electron chi connectivity index (χ0n) is 15.2. The van der Waals surface area contributed by atoms with Gasteiger partial charge in [0.25, 0.3) is 0 Å². The fraction of sp³-hybridized carbons (Fsp3) is 0.0500. The number of benzene rings is 3. The minimum Gasteiger partial charge on any atom is -0.223 e. The van der Waals surface area contributed by atoms with Crippen molar-refractivity contribution < 1.29 is 17.2 Å². The van der Waals surface area contributed by atoms with Crippen LogP contribution in [-0.4, -0.2) is 29.0 Å². The van der Waals surface area contributed by atoms with Crippen LogP contribution in [0.15, 0.2) is 65.6 Å². The van der Waals surface area contributed by atoms with E-state index in [1.54, 1.807) is 30.3 Å². The third-order valence-electron chi connectivity index (χ3n) is 4.40. The van der Waals surface area contributed by atoms with Crippen LogP contribution in [0.5, 0.6) is 0 Å². The summed E-state index contributed by atoms with van der Waals surface area (Å²) in [6.07, 6.45) is 0. The van der Waals surface area contributed by atoms with Crippen molar-refractivity contribution in [1.82, 2.24) is 20.6 Å². The van der Waals surface area contributed by atoms with Crippen molar-refractivity contribution in [3.8, 4) is 22.5 Å². The van der Waals surface area contributed by atoms with Crippen LogP contribution in [0.4, 0.5) is 8.78 Å². The van der Waals surface area contributed by atoms with E-state index >= 15 is 0 Å². The molecule has 6 nitrogen and oxygen atoms in total. The molecule has 4 aromatic rings. The van der Waals surface area contributed by atoms with Crippen molar-refractivity contribution >= 4 is 21.4 Å². The minimum absolute atomic E-state index is 0.112. The zero-order valence-corrected chi connectivity index (χ0v) is 16.8. The Morgan fingerprint density at radius 1 is 0.933 bits per heavy atom. The number of sulfone groups is 1. The van der Waals surface area contributed by atoms with Gasteiger partial charge in [0.15, 0.2) is 9.84 Å². The summed E-state index contributed by atoms with van der Waals surface area (Å²) in [4.78, 5) is -0.139. The predicted molar refractivity (Wildman–Crippen MR) is 107 cm³/mol. The van der Waals surface area contributed by atoms with Crippen molar-refractivity contribution in [3.05, 3.63) is 82.9 Å². The van der Waals surface area contributed by atoms with Gasteiger partial charge in [-0.25, -0.2) is 17.2 Å². The molecule has 1 heterocycles. The summed E-state index contributed by atoms with van der Waals surface area (Å²) in [6.45, 7) is 0. The number of tetrazole rings is 1. The molecule has 0 atom stereocenters. The monoisotopic (exact) mass is 446 g/mol. The first-order chi connectivity index (χ1) is 14.3. The van der Waals surface area contributed by atoms with Gasteiger partial charge in [0.2, 0.25) is 5.82 Å². The molecule has 4 rings (SSSR count). The molecule has 0 saturated heterocycles. The number of nitrogens with one attached hydrogen (secondary N) is 1. The lowest BCUT2D eigenvalue weighted by Crippen LogP contribution is -2.08. The largest absolute Gasteiger partial charge is 0.223 e. The number of hydrogen-bond acceptors (Lipinski definition) is 5. The molecule has 1 N–H and O–H groups in total. The first-order valence-corrected chi connectivity index (χ1v) is 10.7. The standard InChI is InChI=1S/C20H13ClF2N4O2S/c21-15-6-13(20-24-26-27-25-20)7-16(9-15)30(28,29)11-14-8-17(19(23)10-18(14)22)12-4-2-1-3-5-12/h1-10H,11H2,(H,24,25,26,27). The summed E-state index contributed by atoms with van der Waals surface area (Å²) in [5, 5.41) is 13.4. The van der Waals surface area contributed by atoms with E-state index in [-0.39, 0.29) is 26.9 Å². The summed E-state index contributed by atoms with van der Waals surface area (Å²) in [6, 6.07) is 14.4. The van der Waals surface area contributed by atoms with E-state index in [9.17, 15) is 17.2 Å². The van der Waals surface area contributed by atoms with Gasteiger partial charge in [-0.15, -0.1) is 10.2 Å². The molecule has 10 heteroatoms. The van der Waals surface area contributed by atoms with Crippen LogP contribution >= 0.6 is 11.6 Å². The molecule has 0 fully saturated rings. The average Bonchev–Trinajstić information content (AvgIpc) is 3.25. The van der Waals surface area contributed by atoms with Gasteiger partial charge in [0.1, 0.15) is 11.6 Å². The topological polar surface area (TPSA) is 88.6 Å². The van der Waals surface area contributed by atoms with E-state index in [1.165, 1.54) is 24.3 Å². The van der Waals surface area contributed by atoms with E-state index in [4.69, 9.17) is 11.6 Å². The van der Waals surface area contributed by atoms with Crippen molar-refractivity contribution in [1.29, 1.82) is 0 Å². The first-order valence-electron chi connectivity index (χ1n) is 8.64. The van der Waals surface area contributed by atoms with E-state index in [1.807, 2.05) is 0 Å². The molecule has 0 aliphatic rings. The lowest BCUT2D eigenvalue weighted by Gasteiger charge is -2.11. The summed E-state index contributed by atoms with van der Waals surface area (Å²) in [7, 11) is -4.02. The van der Waals surface area contributed by atoms with E-state index in [0.717, 1.165) is 0 Å². The van der Waals surface area contributed by atoms with Crippen molar-refractivity contribution in [2.45, 2.75) is 10.6 Å². The molecule has 0 radical (unpaired) electrons. The smallest absolute Gasteiger partial charge is 0.204 e. The third kappa shape index (κ3) is 4.07. The maximum atomic E-state index is 14.4. The average molecular weight is 447 g/mol. The Kier molecular flexibility index (Phi) is 5.31. The Morgan fingerprint density at radius 2 is 1.70 bits per heavy atom. The van der Waals surface area contributed by atoms with Crippen LogP contribution in [-0.2, 0) is 15.6 Å². The molecule has 0 amide bonds. The van der Waals surface area contributed by atoms with Crippen molar-refractivity contribution in [3.63, 3.8) is 0 Å². The number of aromatic amines is 1. The van der Waals surface area contributed by atoms with Gasteiger partial charge in [0.05, 0.1) is 10.6 Å². The van der Waals surface area contributed by atoms with Crippen LogP contribution in [0.1, 0.15) is 5.56 Å². The summed E-state index contributed by atoms with van der Waals surface area (Å²) >= 11 is 6.06. The second-order valence-corrected chi connectivity index (χ2v) is 8.89. The number of rotatable bonds is 5. The van der Waals surface area contributed by atoms with Gasteiger partial charge >= 0.3 is 0 Å². The predicted octanol–water partition coefficient (Wildman–Crippen LogP) is 4.44. The summed E-state index contributed by atoms with van der Waals surface area (Å²) < 4.78 is 54.7. The third-order valence-corrected chi connectivity index (χ3v) is 6.26. The minimum atomic E-state index is -4.02. The van der Waals surface area contributed by atoms with Gasteiger partial charge < -0.3 is 0 Å². The number of aromatic nitrogens is 4. The van der Waals surface area contributed by atoms with E-state index in [2.05, 4.69) is 20.6 Å². The zero-order chi connectivity index (χ0) is 21.3. The molecule has 0 bridgehead atoms. The SMILES string of the molecule is O=S(=O)(Cc1cc(-c2ccccc2)c(F)cc1F)c1cc(Cl)cc(-c2nn[nH]n2)c1. The van der Waals surface area contributed by atoms with Crippen LogP contribution in [0.3, 0.4) is 0 Å². The Balaban J connectivity index is 1.74. The second-order valence-electron chi connectivity index (χ2n) is 6.46. The maximum absolute atomic E-state index is 14.4. The van der Waals surface area contributed by atoms with Gasteiger partial charge in [-0.1, -0.05) is 41.9 Å². The first kappa shape index (κ1) is 20.1. The number of H-pyrrole nitrogens is 1. The van der Waals surface area contributed by atoms with Gasteiger partial charge in [0, 0.05) is 27.8 Å². The molecule has 0 aliphatic carbocycles. The van der Waals surface area contributed by atoms with E-state index in [0.29, 0.717) is 17.2 Å². The van der Waals surface area contributed by atoms with Crippen LogP contribution < -0.4 is 0 Å². The molecule has 1 aromatic heterocycles. The quantitative estimate of drug-likeness (QED) is 0.489. The molecular weight excluding hydrogens is 434 g/mol. The second kappa shape index (κ2) is 7.92. The van der Waals surface area contributed by atoms with Crippen LogP contribution in [0, 0.1) is 11.6 Å². The fourth-order valence-electron chi connectivity index (χ4n) is 2.99. The highest BCUT2D eigenvalue weighted by Crippen LogP contribution is 2.30. The molecular formula is C20H13ClF2N4O2S. The Bertz CT molecular complexity index is 1310. The molecule has 152 valence electrons. The fourth-order valence-corrected chi connectivity index (χ4v) is 4.70. The number of halogens is 3. The highest BCUT2D eigenvalue weighted by Gasteiger charge is 2.22. The van der Waals surface area contributed by atoms with Gasteiger partial charge in [-0.3, -0.25) is 0 Å². The number of nitrogens with zero attached hydrogens (tertiary/aromatic N) is 3. The lowest BCUT2D eigenvalue weighted by molar-refractivity contribution is 0.571. The van der Waals surface area contributed by atoms with Gasteiger partial charge in [-0.2, -0.15) is 5.21 Å². The lowest BCUT2D eigenvalue weighted by atomic mass is 10.0. The Morgan fingerprint density at radius 3 is 2.40 bits per heavy atom. The highest BCUT2D eigenvalue weighted by molar-refractivity contribution is 7.90. The molecule has 0 aliphatic heterocycles. The van der Waals surface area contributed by atoms with Crippen LogP contribution in [0.2, 0.25) is 5.02 Å². The molecule has 0 unspecified atom stereocenters. The van der Waals surface area contributed by atoms with Crippen molar-refractivity contribution in [2.24, 2.45) is 0 Å². The molecule has 0 saturated carbocycles.